The zero-order valence-electron chi connectivity index (χ0n) is 14.4. The normalized spacial score (nSPS) is 11.1. The third kappa shape index (κ3) is 3.08. The summed E-state index contributed by atoms with van der Waals surface area (Å²) in [5.41, 5.74) is 6.29. The Morgan fingerprint density at radius 2 is 1.11 bits per heavy atom. The topological polar surface area (TPSA) is 25.8 Å². The van der Waals surface area contributed by atoms with Crippen LogP contribution in [0.15, 0.2) is 91.0 Å². The zero-order chi connectivity index (χ0) is 18.2. The number of hydrogen-bond donors (Lipinski definition) is 0. The third-order valence-electron chi connectivity index (χ3n) is 4.77. The summed E-state index contributed by atoms with van der Waals surface area (Å²) in [6.45, 7) is 0. The van der Waals surface area contributed by atoms with E-state index in [2.05, 4.69) is 89.3 Å². The monoisotopic (exact) mass is 458 g/mol. The molecule has 5 aromatic rings. The molecule has 0 aliphatic carbocycles. The Bertz CT molecular complexity index is 1280. The van der Waals surface area contributed by atoms with Gasteiger partial charge in [0.05, 0.1) is 11.0 Å². The first-order valence-corrected chi connectivity index (χ1v) is 9.88. The predicted octanol–water partition coefficient (Wildman–Crippen LogP) is 6.72. The molecule has 27 heavy (non-hydrogen) atoms. The van der Waals surface area contributed by atoms with Crippen LogP contribution in [-0.4, -0.2) is 9.97 Å². The summed E-state index contributed by atoms with van der Waals surface area (Å²) in [6, 6.07) is 31.6. The Kier molecular flexibility index (Phi) is 4.09. The van der Waals surface area contributed by atoms with E-state index in [9.17, 15) is 0 Å². The van der Waals surface area contributed by atoms with E-state index in [4.69, 9.17) is 9.97 Å². The maximum absolute atomic E-state index is 4.82. The highest BCUT2D eigenvalue weighted by atomic mass is 127. The lowest BCUT2D eigenvalue weighted by molar-refractivity contribution is 1.25. The summed E-state index contributed by atoms with van der Waals surface area (Å²) in [4.78, 5) is 9.51. The molecule has 2 nitrogen and oxygen atoms in total. The van der Waals surface area contributed by atoms with Crippen molar-refractivity contribution in [1.29, 1.82) is 0 Å². The van der Waals surface area contributed by atoms with Gasteiger partial charge < -0.3 is 0 Å². The first-order chi connectivity index (χ1) is 13.3. The van der Waals surface area contributed by atoms with Crippen molar-refractivity contribution < 1.29 is 0 Å². The van der Waals surface area contributed by atoms with Gasteiger partial charge in [0, 0.05) is 5.56 Å². The second-order valence-corrected chi connectivity index (χ2v) is 7.51. The van der Waals surface area contributed by atoms with Crippen molar-refractivity contribution in [3.8, 4) is 22.4 Å². The summed E-state index contributed by atoms with van der Waals surface area (Å²) in [5.74, 6) is 0. The number of para-hydroxylation sites is 2. The minimum Gasteiger partial charge on any atom is -0.243 e. The number of fused-ring (bicyclic) bond motifs is 2. The SMILES string of the molecule is Ic1nc2ccccc2nc1-c1ccc(-c2ccc3ccccc3c2)cc1. The van der Waals surface area contributed by atoms with Crippen LogP contribution in [0.2, 0.25) is 0 Å². The molecular weight excluding hydrogens is 443 g/mol. The number of benzene rings is 4. The summed E-state index contributed by atoms with van der Waals surface area (Å²) in [6.07, 6.45) is 0. The van der Waals surface area contributed by atoms with Gasteiger partial charge in [-0.05, 0) is 62.7 Å². The molecule has 1 aromatic heterocycles. The highest BCUT2D eigenvalue weighted by Crippen LogP contribution is 2.29. The molecule has 4 aromatic carbocycles. The van der Waals surface area contributed by atoms with Crippen molar-refractivity contribution in [3.63, 3.8) is 0 Å². The van der Waals surface area contributed by atoms with Gasteiger partial charge in [0.15, 0.2) is 0 Å². The van der Waals surface area contributed by atoms with Crippen LogP contribution in [0.5, 0.6) is 0 Å². The average Bonchev–Trinajstić information content (AvgIpc) is 2.73. The van der Waals surface area contributed by atoms with Crippen molar-refractivity contribution in [2.45, 2.75) is 0 Å². The van der Waals surface area contributed by atoms with E-state index in [1.165, 1.54) is 21.9 Å². The molecule has 1 heterocycles. The smallest absolute Gasteiger partial charge is 0.128 e. The second kappa shape index (κ2) is 6.74. The van der Waals surface area contributed by atoms with E-state index in [1.807, 2.05) is 24.3 Å². The Morgan fingerprint density at radius 3 is 1.89 bits per heavy atom. The van der Waals surface area contributed by atoms with Crippen LogP contribution in [-0.2, 0) is 0 Å². The lowest BCUT2D eigenvalue weighted by Gasteiger charge is -2.08. The van der Waals surface area contributed by atoms with Gasteiger partial charge in [-0.1, -0.05) is 72.8 Å². The van der Waals surface area contributed by atoms with Gasteiger partial charge in [-0.3, -0.25) is 0 Å². The highest BCUT2D eigenvalue weighted by Gasteiger charge is 2.09. The van der Waals surface area contributed by atoms with Gasteiger partial charge in [-0.25, -0.2) is 9.97 Å². The molecule has 0 radical (unpaired) electrons. The minimum absolute atomic E-state index is 0.921. The number of rotatable bonds is 2. The van der Waals surface area contributed by atoms with Crippen LogP contribution in [0, 0.1) is 3.70 Å². The molecule has 0 atom stereocenters. The molecule has 0 saturated carbocycles. The van der Waals surface area contributed by atoms with Crippen LogP contribution < -0.4 is 0 Å². The van der Waals surface area contributed by atoms with E-state index < -0.39 is 0 Å². The first kappa shape index (κ1) is 16.4. The number of halogens is 1. The van der Waals surface area contributed by atoms with Crippen molar-refractivity contribution >= 4 is 44.4 Å². The number of hydrogen-bond acceptors (Lipinski definition) is 2. The van der Waals surface area contributed by atoms with Crippen LogP contribution in [0.25, 0.3) is 44.2 Å². The van der Waals surface area contributed by atoms with Crippen LogP contribution >= 0.6 is 22.6 Å². The molecule has 5 rings (SSSR count). The van der Waals surface area contributed by atoms with Crippen LogP contribution in [0.1, 0.15) is 0 Å². The summed E-state index contributed by atoms with van der Waals surface area (Å²) < 4.78 is 0.921. The minimum atomic E-state index is 0.921. The molecule has 0 saturated heterocycles. The standard InChI is InChI=1S/C24H15IN2/c25-24-23(26-21-7-3-4-8-22(21)27-24)18-12-9-17(10-13-18)20-14-11-16-5-1-2-6-19(16)15-20/h1-15H. The number of nitrogens with zero attached hydrogens (tertiary/aromatic N) is 2. The summed E-state index contributed by atoms with van der Waals surface area (Å²) in [5, 5.41) is 2.52. The van der Waals surface area contributed by atoms with Gasteiger partial charge in [0.1, 0.15) is 9.39 Å². The van der Waals surface area contributed by atoms with E-state index in [1.54, 1.807) is 0 Å². The lowest BCUT2D eigenvalue weighted by Crippen LogP contribution is -1.94. The maximum Gasteiger partial charge on any atom is 0.128 e. The molecule has 0 fully saturated rings. The van der Waals surface area contributed by atoms with Crippen molar-refractivity contribution in [2.75, 3.05) is 0 Å². The van der Waals surface area contributed by atoms with E-state index in [0.717, 1.165) is 26.0 Å². The fourth-order valence-electron chi connectivity index (χ4n) is 3.35. The van der Waals surface area contributed by atoms with Crippen LogP contribution in [0.4, 0.5) is 0 Å². The molecule has 0 spiro atoms. The highest BCUT2D eigenvalue weighted by molar-refractivity contribution is 14.1. The molecule has 0 bridgehead atoms. The first-order valence-electron chi connectivity index (χ1n) is 8.80. The molecule has 128 valence electrons. The average molecular weight is 458 g/mol. The van der Waals surface area contributed by atoms with E-state index in [0.29, 0.717) is 0 Å². The quantitative estimate of drug-likeness (QED) is 0.275. The van der Waals surface area contributed by atoms with Gasteiger partial charge in [0.2, 0.25) is 0 Å². The lowest BCUT2D eigenvalue weighted by atomic mass is 10.00. The zero-order valence-corrected chi connectivity index (χ0v) is 16.6. The summed E-state index contributed by atoms with van der Waals surface area (Å²) >= 11 is 2.27. The van der Waals surface area contributed by atoms with Crippen molar-refractivity contribution in [1.82, 2.24) is 9.97 Å². The van der Waals surface area contributed by atoms with Gasteiger partial charge in [0.25, 0.3) is 0 Å². The fourth-order valence-corrected chi connectivity index (χ4v) is 4.04. The fraction of sp³-hybridized carbons (Fsp3) is 0. The van der Waals surface area contributed by atoms with Gasteiger partial charge in [-0.15, -0.1) is 0 Å². The largest absolute Gasteiger partial charge is 0.243 e. The molecule has 0 aliphatic rings. The van der Waals surface area contributed by atoms with E-state index in [-0.39, 0.29) is 0 Å². The third-order valence-corrected chi connectivity index (χ3v) is 5.52. The molecule has 3 heteroatoms. The van der Waals surface area contributed by atoms with Crippen LogP contribution in [0.3, 0.4) is 0 Å². The van der Waals surface area contributed by atoms with Crippen molar-refractivity contribution in [3.05, 3.63) is 94.7 Å². The van der Waals surface area contributed by atoms with Gasteiger partial charge in [-0.2, -0.15) is 0 Å². The molecule has 0 aliphatic heterocycles. The summed E-state index contributed by atoms with van der Waals surface area (Å²) in [7, 11) is 0. The maximum atomic E-state index is 4.82. The molecular formula is C24H15IN2. The number of aromatic nitrogens is 2. The Balaban J connectivity index is 1.55. The van der Waals surface area contributed by atoms with Gasteiger partial charge >= 0.3 is 0 Å². The molecule has 0 amide bonds. The Labute approximate surface area is 171 Å². The Morgan fingerprint density at radius 1 is 0.519 bits per heavy atom. The predicted molar refractivity (Wildman–Crippen MR) is 121 cm³/mol. The second-order valence-electron chi connectivity index (χ2n) is 6.49. The van der Waals surface area contributed by atoms with Crippen molar-refractivity contribution in [2.24, 2.45) is 0 Å². The molecule has 0 unspecified atom stereocenters. The van der Waals surface area contributed by atoms with E-state index >= 15 is 0 Å². The molecule has 0 N–H and O–H groups in total. The Hall–Kier alpha value is -2.79.